The van der Waals surface area contributed by atoms with Crippen molar-refractivity contribution in [3.63, 3.8) is 0 Å². The van der Waals surface area contributed by atoms with Crippen LogP contribution in [0.4, 0.5) is 8.78 Å². The molecule has 1 aromatic carbocycles. The zero-order chi connectivity index (χ0) is 10.6. The summed E-state index contributed by atoms with van der Waals surface area (Å²) in [6.45, 7) is 1.67. The van der Waals surface area contributed by atoms with Crippen molar-refractivity contribution in [3.05, 3.63) is 29.8 Å². The third kappa shape index (κ3) is 4.07. The Morgan fingerprint density at radius 2 is 2.14 bits per heavy atom. The van der Waals surface area contributed by atoms with Gasteiger partial charge in [-0.05, 0) is 31.0 Å². The van der Waals surface area contributed by atoms with Crippen molar-refractivity contribution in [3.8, 4) is 0 Å². The van der Waals surface area contributed by atoms with Crippen LogP contribution in [-0.4, -0.2) is 17.0 Å². The molecule has 1 nitrogen and oxygen atoms in total. The highest BCUT2D eigenvalue weighted by Gasteiger charge is 2.06. The molecule has 0 aliphatic carbocycles. The van der Waals surface area contributed by atoms with Crippen molar-refractivity contribution in [2.24, 2.45) is 0 Å². The Balaban J connectivity index is 2.68. The van der Waals surface area contributed by atoms with Gasteiger partial charge in [-0.2, -0.15) is 8.78 Å². The van der Waals surface area contributed by atoms with Crippen molar-refractivity contribution in [1.29, 1.82) is 0 Å². The Morgan fingerprint density at radius 3 is 2.71 bits per heavy atom. The van der Waals surface area contributed by atoms with Gasteiger partial charge >= 0.3 is 0 Å². The highest BCUT2D eigenvalue weighted by molar-refractivity contribution is 7.99. The first-order valence-electron chi connectivity index (χ1n) is 4.29. The van der Waals surface area contributed by atoms with E-state index in [0.29, 0.717) is 23.1 Å². The van der Waals surface area contributed by atoms with Crippen LogP contribution in [0.15, 0.2) is 29.2 Å². The number of rotatable bonds is 4. The van der Waals surface area contributed by atoms with E-state index < -0.39 is 11.9 Å². The molecule has 0 bridgehead atoms. The molecule has 1 N–H and O–H groups in total. The van der Waals surface area contributed by atoms with Crippen LogP contribution in [0.25, 0.3) is 0 Å². The predicted octanol–water partition coefficient (Wildman–Crippen LogP) is 2.92. The van der Waals surface area contributed by atoms with E-state index in [1.807, 2.05) is 6.07 Å². The van der Waals surface area contributed by atoms with E-state index in [2.05, 4.69) is 0 Å². The van der Waals surface area contributed by atoms with Crippen LogP contribution < -0.4 is 0 Å². The van der Waals surface area contributed by atoms with Crippen LogP contribution in [0.1, 0.15) is 12.5 Å². The smallest absolute Gasteiger partial charge is 0.288 e. The number of thioether (sulfide) groups is 1. The Hall–Kier alpha value is -0.610. The number of benzene rings is 1. The topological polar surface area (TPSA) is 20.2 Å². The minimum Gasteiger partial charge on any atom is -0.393 e. The number of aliphatic hydroxyl groups excluding tert-OH is 1. The third-order valence-electron chi connectivity index (χ3n) is 1.65. The second kappa shape index (κ2) is 5.32. The molecule has 0 aliphatic heterocycles. The van der Waals surface area contributed by atoms with Gasteiger partial charge in [0.2, 0.25) is 0 Å². The van der Waals surface area contributed by atoms with E-state index in [1.54, 1.807) is 25.1 Å². The number of hydrogen-bond donors (Lipinski definition) is 1. The van der Waals surface area contributed by atoms with E-state index in [9.17, 15) is 8.78 Å². The third-order valence-corrected chi connectivity index (χ3v) is 2.36. The van der Waals surface area contributed by atoms with Gasteiger partial charge < -0.3 is 5.11 Å². The standard InChI is InChI=1S/C10H12F2OS/c1-7(13)5-8-3-2-4-9(6-8)14-10(11)12/h2-4,6-7,10,13H,5H2,1H3. The first kappa shape index (κ1) is 11.5. The van der Waals surface area contributed by atoms with Crippen LogP contribution in [0, 0.1) is 0 Å². The van der Waals surface area contributed by atoms with Gasteiger partial charge in [0.15, 0.2) is 0 Å². The first-order chi connectivity index (χ1) is 6.58. The van der Waals surface area contributed by atoms with E-state index >= 15 is 0 Å². The van der Waals surface area contributed by atoms with Crippen molar-refractivity contribution in [2.45, 2.75) is 30.1 Å². The zero-order valence-corrected chi connectivity index (χ0v) is 8.60. The van der Waals surface area contributed by atoms with Gasteiger partial charge in [-0.1, -0.05) is 23.9 Å². The molecule has 0 heterocycles. The molecule has 0 aliphatic rings. The number of hydrogen-bond acceptors (Lipinski definition) is 2. The Morgan fingerprint density at radius 1 is 1.43 bits per heavy atom. The molecule has 1 aromatic rings. The molecule has 0 fully saturated rings. The quantitative estimate of drug-likeness (QED) is 0.784. The lowest BCUT2D eigenvalue weighted by Crippen LogP contribution is -2.03. The Bertz CT molecular complexity index is 264. The Labute approximate surface area is 86.1 Å². The molecule has 4 heteroatoms. The summed E-state index contributed by atoms with van der Waals surface area (Å²) in [6, 6.07) is 6.87. The average molecular weight is 218 g/mol. The molecule has 1 atom stereocenters. The predicted molar refractivity (Wildman–Crippen MR) is 53.7 cm³/mol. The van der Waals surface area contributed by atoms with Gasteiger partial charge in [0.25, 0.3) is 5.76 Å². The minimum absolute atomic E-state index is 0.443. The van der Waals surface area contributed by atoms with Crippen LogP contribution >= 0.6 is 11.8 Å². The summed E-state index contributed by atoms with van der Waals surface area (Å²) in [7, 11) is 0. The largest absolute Gasteiger partial charge is 0.393 e. The van der Waals surface area contributed by atoms with Gasteiger partial charge in [-0.3, -0.25) is 0 Å². The molecule has 0 aromatic heterocycles. The molecular weight excluding hydrogens is 206 g/mol. The summed E-state index contributed by atoms with van der Waals surface area (Å²) in [5, 5.41) is 9.12. The molecular formula is C10H12F2OS. The highest BCUT2D eigenvalue weighted by atomic mass is 32.2. The molecule has 0 radical (unpaired) electrons. The first-order valence-corrected chi connectivity index (χ1v) is 5.17. The van der Waals surface area contributed by atoms with Crippen LogP contribution in [0.5, 0.6) is 0 Å². The van der Waals surface area contributed by atoms with Crippen molar-refractivity contribution >= 4 is 11.8 Å². The summed E-state index contributed by atoms with van der Waals surface area (Å²) in [5.74, 6) is -2.39. The SMILES string of the molecule is CC(O)Cc1cccc(SC(F)F)c1. The highest BCUT2D eigenvalue weighted by Crippen LogP contribution is 2.25. The van der Waals surface area contributed by atoms with Crippen molar-refractivity contribution in [2.75, 3.05) is 0 Å². The van der Waals surface area contributed by atoms with E-state index in [-0.39, 0.29) is 0 Å². The van der Waals surface area contributed by atoms with Crippen LogP contribution in [0.3, 0.4) is 0 Å². The number of halogens is 2. The van der Waals surface area contributed by atoms with E-state index in [0.717, 1.165) is 5.56 Å². The second-order valence-corrected chi connectivity index (χ2v) is 4.14. The van der Waals surface area contributed by atoms with Gasteiger partial charge in [0, 0.05) is 4.90 Å². The van der Waals surface area contributed by atoms with Crippen molar-refractivity contribution in [1.82, 2.24) is 0 Å². The lowest BCUT2D eigenvalue weighted by atomic mass is 10.1. The molecule has 0 amide bonds. The zero-order valence-electron chi connectivity index (χ0n) is 7.78. The molecule has 1 rings (SSSR count). The second-order valence-electron chi connectivity index (χ2n) is 3.08. The summed E-state index contributed by atoms with van der Waals surface area (Å²) in [4.78, 5) is 0.540. The van der Waals surface area contributed by atoms with Gasteiger partial charge in [0.1, 0.15) is 0 Å². The summed E-state index contributed by atoms with van der Waals surface area (Å²) in [6.07, 6.45) is 0.0549. The fourth-order valence-electron chi connectivity index (χ4n) is 1.19. The minimum atomic E-state index is -2.39. The average Bonchev–Trinajstić information content (AvgIpc) is 2.01. The fraction of sp³-hybridized carbons (Fsp3) is 0.400. The Kier molecular flexibility index (Phi) is 4.35. The molecule has 1 unspecified atom stereocenters. The van der Waals surface area contributed by atoms with Crippen LogP contribution in [0.2, 0.25) is 0 Å². The monoisotopic (exact) mass is 218 g/mol. The molecule has 0 spiro atoms. The molecule has 0 saturated carbocycles. The number of aliphatic hydroxyl groups is 1. The van der Waals surface area contributed by atoms with Gasteiger partial charge in [-0.25, -0.2) is 0 Å². The maximum Gasteiger partial charge on any atom is 0.288 e. The normalized spacial score (nSPS) is 13.2. The number of alkyl halides is 2. The van der Waals surface area contributed by atoms with E-state index in [4.69, 9.17) is 5.11 Å². The van der Waals surface area contributed by atoms with E-state index in [1.165, 1.54) is 0 Å². The van der Waals surface area contributed by atoms with Gasteiger partial charge in [-0.15, -0.1) is 0 Å². The van der Waals surface area contributed by atoms with Gasteiger partial charge in [0.05, 0.1) is 6.10 Å². The van der Waals surface area contributed by atoms with Crippen molar-refractivity contribution < 1.29 is 13.9 Å². The summed E-state index contributed by atoms with van der Waals surface area (Å²) >= 11 is 0.525. The summed E-state index contributed by atoms with van der Waals surface area (Å²) in [5.41, 5.74) is 0.880. The summed E-state index contributed by atoms with van der Waals surface area (Å²) < 4.78 is 24.1. The molecule has 0 saturated heterocycles. The lowest BCUT2D eigenvalue weighted by molar-refractivity contribution is 0.195. The lowest BCUT2D eigenvalue weighted by Gasteiger charge is -2.06. The maximum absolute atomic E-state index is 12.0. The molecule has 14 heavy (non-hydrogen) atoms. The maximum atomic E-state index is 12.0. The molecule has 78 valence electrons. The van der Waals surface area contributed by atoms with Crippen LogP contribution in [-0.2, 0) is 6.42 Å². The fourth-order valence-corrected chi connectivity index (χ4v) is 1.77.